The number of benzene rings is 2. The van der Waals surface area contributed by atoms with E-state index in [0.29, 0.717) is 47.6 Å². The average Bonchev–Trinajstić information content (AvgIpc) is 3.00. The maximum Gasteiger partial charge on any atom is 0.245 e. The third-order valence-electron chi connectivity index (χ3n) is 8.43. The smallest absolute Gasteiger partial charge is 0.245 e. The van der Waals surface area contributed by atoms with E-state index in [2.05, 4.69) is 47.2 Å². The Balaban J connectivity index is 1.42. The molecule has 0 radical (unpaired) electrons. The van der Waals surface area contributed by atoms with Crippen LogP contribution in [0.3, 0.4) is 0 Å². The Morgan fingerprint density at radius 1 is 1.07 bits per heavy atom. The van der Waals surface area contributed by atoms with E-state index in [-0.39, 0.29) is 18.2 Å². The van der Waals surface area contributed by atoms with E-state index in [9.17, 15) is 14.9 Å². The molecule has 10 heteroatoms. The van der Waals surface area contributed by atoms with E-state index in [1.807, 2.05) is 23.1 Å². The van der Waals surface area contributed by atoms with E-state index in [4.69, 9.17) is 17.3 Å². The first-order valence-electron chi connectivity index (χ1n) is 15.4. The van der Waals surface area contributed by atoms with Crippen molar-refractivity contribution in [1.29, 1.82) is 5.26 Å². The van der Waals surface area contributed by atoms with Gasteiger partial charge >= 0.3 is 0 Å². The van der Waals surface area contributed by atoms with E-state index >= 15 is 0 Å². The standard InChI is InChI=1S/C33H46ClN7O2/c1-24(2)23-41(40-17-15-38(3)16-18-40)29-11-13-39(14-12-29)33(43)31(20-25-7-9-28(34)10-8-25)37-32(42)21-30(36)27-6-4-5-26(19-27)22-35/h4-10,19,24,29-31H,11-18,20-21,23,36H2,1-3H3,(H,37,42)/t30?,31-/m1/s1. The number of nitrogens with two attached hydrogens (primary N) is 1. The number of piperazine rings is 1. The first kappa shape index (κ1) is 32.9. The predicted octanol–water partition coefficient (Wildman–Crippen LogP) is 3.44. The molecule has 2 aromatic carbocycles. The van der Waals surface area contributed by atoms with Gasteiger partial charge < -0.3 is 20.9 Å². The number of piperidine rings is 1. The molecule has 2 aliphatic heterocycles. The number of hydrogen-bond donors (Lipinski definition) is 2. The van der Waals surface area contributed by atoms with Gasteiger partial charge in [-0.05, 0) is 61.2 Å². The molecule has 0 saturated carbocycles. The quantitative estimate of drug-likeness (QED) is 0.403. The van der Waals surface area contributed by atoms with Gasteiger partial charge in [0.2, 0.25) is 11.8 Å². The zero-order valence-corrected chi connectivity index (χ0v) is 26.5. The molecule has 0 spiro atoms. The van der Waals surface area contributed by atoms with Gasteiger partial charge in [0.25, 0.3) is 0 Å². The van der Waals surface area contributed by atoms with Gasteiger partial charge in [0.1, 0.15) is 6.04 Å². The minimum Gasteiger partial charge on any atom is -0.344 e. The Labute approximate surface area is 261 Å². The lowest BCUT2D eigenvalue weighted by Gasteiger charge is -2.47. The maximum absolute atomic E-state index is 13.9. The molecule has 0 aromatic heterocycles. The van der Waals surface area contributed by atoms with Gasteiger partial charge in [0, 0.05) is 75.8 Å². The van der Waals surface area contributed by atoms with Crippen LogP contribution in [0.5, 0.6) is 0 Å². The number of nitrogens with zero attached hydrogens (tertiary/aromatic N) is 5. The minimum absolute atomic E-state index is 0.0105. The number of likely N-dealkylation sites (tertiary alicyclic amines) is 1. The molecule has 2 atom stereocenters. The number of hydrazine groups is 1. The van der Waals surface area contributed by atoms with E-state index < -0.39 is 12.1 Å². The van der Waals surface area contributed by atoms with Crippen molar-refractivity contribution < 1.29 is 9.59 Å². The minimum atomic E-state index is -0.715. The zero-order valence-electron chi connectivity index (χ0n) is 25.7. The highest BCUT2D eigenvalue weighted by atomic mass is 35.5. The lowest BCUT2D eigenvalue weighted by atomic mass is 9.99. The number of rotatable bonds is 11. The SMILES string of the molecule is CC(C)CN(C1CCN(C(=O)[C@@H](Cc2ccc(Cl)cc2)NC(=O)CC(N)c2cccc(C#N)c2)CC1)N1CCN(C)CC1. The van der Waals surface area contributed by atoms with Crippen molar-refractivity contribution in [3.8, 4) is 6.07 Å². The van der Waals surface area contributed by atoms with Crippen LogP contribution in [-0.4, -0.2) is 96.6 Å². The highest BCUT2D eigenvalue weighted by Gasteiger charge is 2.34. The van der Waals surface area contributed by atoms with Gasteiger partial charge in [-0.25, -0.2) is 10.0 Å². The van der Waals surface area contributed by atoms with Crippen LogP contribution < -0.4 is 11.1 Å². The van der Waals surface area contributed by atoms with Crippen LogP contribution in [-0.2, 0) is 16.0 Å². The summed E-state index contributed by atoms with van der Waals surface area (Å²) < 4.78 is 0. The van der Waals surface area contributed by atoms with Gasteiger partial charge in [-0.2, -0.15) is 5.26 Å². The molecule has 232 valence electrons. The molecule has 0 bridgehead atoms. The number of carbonyl (C=O) groups is 2. The predicted molar refractivity (Wildman–Crippen MR) is 170 cm³/mol. The fraction of sp³-hybridized carbons (Fsp3) is 0.545. The monoisotopic (exact) mass is 607 g/mol. The molecule has 2 amide bonds. The Morgan fingerprint density at radius 2 is 1.74 bits per heavy atom. The molecule has 2 saturated heterocycles. The second kappa shape index (κ2) is 15.6. The molecule has 4 rings (SSSR count). The van der Waals surface area contributed by atoms with Crippen LogP contribution >= 0.6 is 11.6 Å². The molecule has 2 aliphatic rings. The van der Waals surface area contributed by atoms with Gasteiger partial charge in [0.05, 0.1) is 11.6 Å². The van der Waals surface area contributed by atoms with Crippen LogP contribution in [0.1, 0.15) is 55.8 Å². The van der Waals surface area contributed by atoms with Crippen LogP contribution in [0, 0.1) is 17.2 Å². The van der Waals surface area contributed by atoms with E-state index in [0.717, 1.165) is 51.1 Å². The lowest BCUT2D eigenvalue weighted by Crippen LogP contribution is -2.60. The number of likely N-dealkylation sites (N-methyl/N-ethyl adjacent to an activating group) is 1. The summed E-state index contributed by atoms with van der Waals surface area (Å²) in [5.41, 5.74) is 8.46. The third-order valence-corrected chi connectivity index (χ3v) is 8.68. The number of hydrogen-bond acceptors (Lipinski definition) is 7. The molecule has 3 N–H and O–H groups in total. The van der Waals surface area contributed by atoms with Crippen LogP contribution in [0.4, 0.5) is 0 Å². The summed E-state index contributed by atoms with van der Waals surface area (Å²) >= 11 is 6.10. The second-order valence-corrected chi connectivity index (χ2v) is 12.8. The molecule has 0 aliphatic carbocycles. The highest BCUT2D eigenvalue weighted by Crippen LogP contribution is 2.23. The Bertz CT molecular complexity index is 1250. The van der Waals surface area contributed by atoms with Crippen molar-refractivity contribution >= 4 is 23.4 Å². The number of nitrogens with one attached hydrogen (secondary N) is 1. The third kappa shape index (κ3) is 9.49. The number of nitriles is 1. The maximum atomic E-state index is 13.9. The molecular weight excluding hydrogens is 562 g/mol. The van der Waals surface area contributed by atoms with Crippen molar-refractivity contribution in [1.82, 2.24) is 25.1 Å². The second-order valence-electron chi connectivity index (χ2n) is 12.3. The summed E-state index contributed by atoms with van der Waals surface area (Å²) in [4.78, 5) is 31.4. The number of carbonyl (C=O) groups excluding carboxylic acids is 2. The summed E-state index contributed by atoms with van der Waals surface area (Å²) in [6, 6.07) is 15.5. The van der Waals surface area contributed by atoms with Crippen molar-refractivity contribution in [2.75, 3.05) is 52.9 Å². The largest absolute Gasteiger partial charge is 0.344 e. The molecule has 2 heterocycles. The zero-order chi connectivity index (χ0) is 30.9. The van der Waals surface area contributed by atoms with Crippen molar-refractivity contribution in [2.24, 2.45) is 11.7 Å². The summed E-state index contributed by atoms with van der Waals surface area (Å²) in [6.07, 6.45) is 2.16. The summed E-state index contributed by atoms with van der Waals surface area (Å²) in [5.74, 6) is 0.180. The average molecular weight is 608 g/mol. The lowest BCUT2D eigenvalue weighted by molar-refractivity contribution is -0.140. The highest BCUT2D eigenvalue weighted by molar-refractivity contribution is 6.30. The molecule has 2 fully saturated rings. The van der Waals surface area contributed by atoms with Gasteiger partial charge in [-0.15, -0.1) is 0 Å². The fourth-order valence-corrected chi connectivity index (χ4v) is 6.12. The van der Waals surface area contributed by atoms with E-state index in [1.165, 1.54) is 0 Å². The van der Waals surface area contributed by atoms with Crippen LogP contribution in [0.15, 0.2) is 48.5 Å². The topological polar surface area (TPSA) is 109 Å². The molecule has 2 aromatic rings. The molecule has 43 heavy (non-hydrogen) atoms. The van der Waals surface area contributed by atoms with Crippen LogP contribution in [0.2, 0.25) is 5.02 Å². The Kier molecular flexibility index (Phi) is 12.0. The summed E-state index contributed by atoms with van der Waals surface area (Å²) in [5, 5.41) is 17.9. The van der Waals surface area contributed by atoms with Crippen molar-refractivity contribution in [3.05, 3.63) is 70.2 Å². The van der Waals surface area contributed by atoms with Crippen molar-refractivity contribution in [2.45, 2.75) is 57.7 Å². The Morgan fingerprint density at radius 3 is 2.37 bits per heavy atom. The Hall–Kier alpha value is -3.00. The molecule has 1 unspecified atom stereocenters. The number of amides is 2. The fourth-order valence-electron chi connectivity index (χ4n) is 5.99. The van der Waals surface area contributed by atoms with E-state index in [1.54, 1.807) is 30.3 Å². The first-order chi connectivity index (χ1) is 20.6. The molecule has 9 nitrogen and oxygen atoms in total. The summed E-state index contributed by atoms with van der Waals surface area (Å²) in [7, 11) is 2.17. The number of halogens is 1. The van der Waals surface area contributed by atoms with Gasteiger partial charge in [-0.3, -0.25) is 9.59 Å². The van der Waals surface area contributed by atoms with Crippen LogP contribution in [0.25, 0.3) is 0 Å². The normalized spacial score (nSPS) is 18.4. The van der Waals surface area contributed by atoms with Gasteiger partial charge in [-0.1, -0.05) is 49.7 Å². The summed E-state index contributed by atoms with van der Waals surface area (Å²) in [6.45, 7) is 11.0. The molecular formula is C33H46ClN7O2. The van der Waals surface area contributed by atoms with Gasteiger partial charge in [0.15, 0.2) is 0 Å². The first-order valence-corrected chi connectivity index (χ1v) is 15.8. The van der Waals surface area contributed by atoms with Crippen molar-refractivity contribution in [3.63, 3.8) is 0 Å².